The predicted molar refractivity (Wildman–Crippen MR) is 62.8 cm³/mol. The molecule has 0 saturated heterocycles. The van der Waals surface area contributed by atoms with Crippen LogP contribution < -0.4 is 0 Å². The minimum absolute atomic E-state index is 0.105. The van der Waals surface area contributed by atoms with Crippen LogP contribution in [0.2, 0.25) is 0 Å². The molecule has 1 saturated carbocycles. The Morgan fingerprint density at radius 1 is 1.56 bits per heavy atom. The molecule has 6 heteroatoms. The summed E-state index contributed by atoms with van der Waals surface area (Å²) < 4.78 is 25.6. The number of rotatable bonds is 5. The van der Waals surface area contributed by atoms with Gasteiger partial charge in [-0.2, -0.15) is 0 Å². The molecule has 90 valence electrons. The van der Waals surface area contributed by atoms with Crippen LogP contribution >= 0.6 is 11.3 Å². The van der Waals surface area contributed by atoms with E-state index >= 15 is 0 Å². The van der Waals surface area contributed by atoms with Crippen LogP contribution in [0.1, 0.15) is 17.7 Å². The van der Waals surface area contributed by atoms with Crippen molar-refractivity contribution in [3.63, 3.8) is 0 Å². The normalized spacial score (nSPS) is 16.9. The second-order valence-electron chi connectivity index (χ2n) is 4.14. The lowest BCUT2D eigenvalue weighted by atomic mass is 10.4. The molecule has 1 fully saturated rings. The Morgan fingerprint density at radius 3 is 2.75 bits per heavy atom. The van der Waals surface area contributed by atoms with E-state index in [4.69, 9.17) is 5.11 Å². The fraction of sp³-hybridized carbons (Fsp3) is 0.600. The highest BCUT2D eigenvalue weighted by atomic mass is 32.2. The van der Waals surface area contributed by atoms with Crippen molar-refractivity contribution >= 4 is 21.4 Å². The molecule has 0 atom stereocenters. The third-order valence-electron chi connectivity index (χ3n) is 2.71. The van der Waals surface area contributed by atoms with Crippen molar-refractivity contribution in [1.29, 1.82) is 0 Å². The Morgan fingerprint density at radius 2 is 2.25 bits per heavy atom. The number of thiophene rings is 1. The maximum Gasteiger partial charge on any atom is 0.243 e. The summed E-state index contributed by atoms with van der Waals surface area (Å²) in [5, 5.41) is 10.5. The predicted octanol–water partition coefficient (Wildman–Crippen LogP) is 1.27. The van der Waals surface area contributed by atoms with Crippen LogP contribution in [0, 0.1) is 5.92 Å². The van der Waals surface area contributed by atoms with Gasteiger partial charge in [0.25, 0.3) is 0 Å². The smallest absolute Gasteiger partial charge is 0.243 e. The summed E-state index contributed by atoms with van der Waals surface area (Å²) in [4.78, 5) is 0.975. The molecule has 1 heterocycles. The summed E-state index contributed by atoms with van der Waals surface area (Å²) >= 11 is 1.27. The molecule has 16 heavy (non-hydrogen) atoms. The quantitative estimate of drug-likeness (QED) is 0.868. The summed E-state index contributed by atoms with van der Waals surface area (Å²) in [6.07, 6.45) is 2.26. The van der Waals surface area contributed by atoms with Crippen molar-refractivity contribution in [3.8, 4) is 0 Å². The Balaban J connectivity index is 2.16. The highest BCUT2D eigenvalue weighted by molar-refractivity contribution is 7.89. The van der Waals surface area contributed by atoms with Gasteiger partial charge in [-0.15, -0.1) is 11.3 Å². The van der Waals surface area contributed by atoms with Gasteiger partial charge >= 0.3 is 0 Å². The molecule has 1 N–H and O–H groups in total. The molecule has 1 aliphatic carbocycles. The van der Waals surface area contributed by atoms with Gasteiger partial charge in [0.05, 0.1) is 11.5 Å². The van der Waals surface area contributed by atoms with Gasteiger partial charge in [-0.3, -0.25) is 0 Å². The van der Waals surface area contributed by atoms with E-state index in [-0.39, 0.29) is 6.61 Å². The van der Waals surface area contributed by atoms with Gasteiger partial charge in [0.2, 0.25) is 10.0 Å². The molecule has 0 aliphatic heterocycles. The minimum Gasteiger partial charge on any atom is -0.391 e. The molecule has 1 aromatic rings. The lowest BCUT2D eigenvalue weighted by Crippen LogP contribution is -2.28. The van der Waals surface area contributed by atoms with Crippen molar-refractivity contribution in [2.75, 3.05) is 13.6 Å². The van der Waals surface area contributed by atoms with E-state index in [1.165, 1.54) is 15.6 Å². The van der Waals surface area contributed by atoms with E-state index in [0.29, 0.717) is 22.2 Å². The van der Waals surface area contributed by atoms with Crippen molar-refractivity contribution in [3.05, 3.63) is 16.3 Å². The number of aliphatic hydroxyl groups is 1. The van der Waals surface area contributed by atoms with Crippen molar-refractivity contribution < 1.29 is 13.5 Å². The first-order chi connectivity index (χ1) is 7.54. The fourth-order valence-corrected chi connectivity index (χ4v) is 3.89. The van der Waals surface area contributed by atoms with Crippen molar-refractivity contribution in [1.82, 2.24) is 4.31 Å². The van der Waals surface area contributed by atoms with Crippen LogP contribution in [0.25, 0.3) is 0 Å². The fourth-order valence-electron chi connectivity index (χ4n) is 1.52. The van der Waals surface area contributed by atoms with E-state index < -0.39 is 10.0 Å². The van der Waals surface area contributed by atoms with E-state index in [1.54, 1.807) is 18.5 Å². The van der Waals surface area contributed by atoms with Crippen LogP contribution in [0.15, 0.2) is 16.3 Å². The zero-order chi connectivity index (χ0) is 11.8. The summed E-state index contributed by atoms with van der Waals surface area (Å²) in [7, 11) is -1.74. The molecule has 0 radical (unpaired) electrons. The van der Waals surface area contributed by atoms with Gasteiger partial charge in [0.15, 0.2) is 0 Å². The first-order valence-corrected chi connectivity index (χ1v) is 7.50. The van der Waals surface area contributed by atoms with Crippen LogP contribution in [0.5, 0.6) is 0 Å². The largest absolute Gasteiger partial charge is 0.391 e. The van der Waals surface area contributed by atoms with E-state index in [1.807, 2.05) is 0 Å². The summed E-state index contributed by atoms with van der Waals surface area (Å²) in [5.41, 5.74) is 0. The van der Waals surface area contributed by atoms with Crippen LogP contribution in [0.4, 0.5) is 0 Å². The second-order valence-corrected chi connectivity index (χ2v) is 7.18. The molecule has 0 spiro atoms. The number of nitrogens with zero attached hydrogens (tertiary/aromatic N) is 1. The standard InChI is InChI=1S/C10H15NO3S2/c1-11(5-8-2-3-8)16(13,14)10-4-9(6-12)15-7-10/h4,7-8,12H,2-3,5-6H2,1H3. The van der Waals surface area contributed by atoms with Gasteiger partial charge in [0, 0.05) is 23.8 Å². The average Bonchev–Trinajstić information content (AvgIpc) is 2.93. The molecule has 1 aliphatic rings. The molecular formula is C10H15NO3S2. The highest BCUT2D eigenvalue weighted by Gasteiger charge is 2.29. The van der Waals surface area contributed by atoms with Crippen LogP contribution in [-0.2, 0) is 16.6 Å². The van der Waals surface area contributed by atoms with Crippen molar-refractivity contribution in [2.45, 2.75) is 24.3 Å². The number of hydrogen-bond acceptors (Lipinski definition) is 4. The third kappa shape index (κ3) is 2.45. The van der Waals surface area contributed by atoms with Gasteiger partial charge in [-0.25, -0.2) is 12.7 Å². The third-order valence-corrected chi connectivity index (χ3v) is 5.58. The molecule has 2 rings (SSSR count). The first kappa shape index (κ1) is 12.0. The van der Waals surface area contributed by atoms with Crippen molar-refractivity contribution in [2.24, 2.45) is 5.92 Å². The molecule has 0 unspecified atom stereocenters. The number of aliphatic hydroxyl groups excluding tert-OH is 1. The average molecular weight is 261 g/mol. The zero-order valence-electron chi connectivity index (χ0n) is 9.09. The number of sulfonamides is 1. The molecular weight excluding hydrogens is 246 g/mol. The van der Waals surface area contributed by atoms with E-state index in [9.17, 15) is 8.42 Å². The maximum atomic E-state index is 12.1. The lowest BCUT2D eigenvalue weighted by Gasteiger charge is -2.15. The maximum absolute atomic E-state index is 12.1. The monoisotopic (exact) mass is 261 g/mol. The van der Waals surface area contributed by atoms with Crippen LogP contribution in [0.3, 0.4) is 0 Å². The van der Waals surface area contributed by atoms with Gasteiger partial charge in [-0.05, 0) is 24.8 Å². The topological polar surface area (TPSA) is 57.6 Å². The summed E-state index contributed by atoms with van der Waals surface area (Å²) in [6, 6.07) is 1.55. The molecule has 1 aromatic heterocycles. The highest BCUT2D eigenvalue weighted by Crippen LogP contribution is 2.31. The first-order valence-electron chi connectivity index (χ1n) is 5.18. The van der Waals surface area contributed by atoms with E-state index in [0.717, 1.165) is 12.8 Å². The SMILES string of the molecule is CN(CC1CC1)S(=O)(=O)c1csc(CO)c1. The Bertz CT molecular complexity index is 462. The van der Waals surface area contributed by atoms with E-state index in [2.05, 4.69) is 0 Å². The van der Waals surface area contributed by atoms with Gasteiger partial charge in [-0.1, -0.05) is 0 Å². The van der Waals surface area contributed by atoms with Crippen LogP contribution in [-0.4, -0.2) is 31.4 Å². The molecule has 0 aromatic carbocycles. The zero-order valence-corrected chi connectivity index (χ0v) is 10.7. The second kappa shape index (κ2) is 4.44. The summed E-state index contributed by atoms with van der Waals surface area (Å²) in [6.45, 7) is 0.499. The molecule has 0 amide bonds. The molecule has 0 bridgehead atoms. The summed E-state index contributed by atoms with van der Waals surface area (Å²) in [5.74, 6) is 0.538. The van der Waals surface area contributed by atoms with Gasteiger partial charge in [0.1, 0.15) is 0 Å². The Kier molecular flexibility index (Phi) is 3.34. The lowest BCUT2D eigenvalue weighted by molar-refractivity contribution is 0.285. The molecule has 4 nitrogen and oxygen atoms in total. The Hall–Kier alpha value is -0.430. The minimum atomic E-state index is -3.35. The number of hydrogen-bond donors (Lipinski definition) is 1. The Labute approximate surface area is 99.6 Å². The van der Waals surface area contributed by atoms with Gasteiger partial charge < -0.3 is 5.11 Å².